The number of aliphatic carboxylic acids is 1. The standard InChI is InChI=1S/C17H32N2O5/c1-2-3-4-5-6-7-8-9-10-15(20)18-12-11-14(17(23)24)19-13-16(21)22/h9-10,14,16,19,21-22H,2-8,11-13H2,1H3,(H,18,20)(H,23,24). The van der Waals surface area contributed by atoms with Crippen molar-refractivity contribution < 1.29 is 24.9 Å². The molecule has 1 amide bonds. The van der Waals surface area contributed by atoms with Crippen molar-refractivity contribution >= 4 is 11.9 Å². The van der Waals surface area contributed by atoms with Gasteiger partial charge in [0.1, 0.15) is 6.04 Å². The highest BCUT2D eigenvalue weighted by atomic mass is 16.5. The SMILES string of the molecule is CCCCCCCCC=CC(=O)NCCC(NCC(O)O)C(=O)O. The van der Waals surface area contributed by atoms with E-state index in [4.69, 9.17) is 15.3 Å². The summed E-state index contributed by atoms with van der Waals surface area (Å²) in [5, 5.41) is 31.5. The minimum Gasteiger partial charge on any atom is -0.480 e. The number of hydrogen-bond donors (Lipinski definition) is 5. The van der Waals surface area contributed by atoms with E-state index in [0.29, 0.717) is 0 Å². The van der Waals surface area contributed by atoms with Gasteiger partial charge in [-0.25, -0.2) is 0 Å². The average molecular weight is 344 g/mol. The Morgan fingerprint density at radius 3 is 2.38 bits per heavy atom. The monoisotopic (exact) mass is 344 g/mol. The van der Waals surface area contributed by atoms with E-state index >= 15 is 0 Å². The number of aliphatic hydroxyl groups is 2. The van der Waals surface area contributed by atoms with Crippen LogP contribution in [0.25, 0.3) is 0 Å². The summed E-state index contributed by atoms with van der Waals surface area (Å²) in [6.45, 7) is 2.15. The van der Waals surface area contributed by atoms with Crippen LogP contribution < -0.4 is 10.6 Å². The summed E-state index contributed by atoms with van der Waals surface area (Å²) >= 11 is 0. The van der Waals surface area contributed by atoms with Gasteiger partial charge in [0.25, 0.3) is 0 Å². The van der Waals surface area contributed by atoms with Crippen molar-refractivity contribution in [3.8, 4) is 0 Å². The van der Waals surface area contributed by atoms with Crippen molar-refractivity contribution in [2.75, 3.05) is 13.1 Å². The van der Waals surface area contributed by atoms with Gasteiger partial charge in [0, 0.05) is 13.1 Å². The van der Waals surface area contributed by atoms with Crippen LogP contribution in [0.4, 0.5) is 0 Å². The summed E-state index contributed by atoms with van der Waals surface area (Å²) in [7, 11) is 0. The number of carboxylic acid groups (broad SMARTS) is 1. The molecule has 0 rings (SSSR count). The van der Waals surface area contributed by atoms with Gasteiger partial charge in [0.05, 0.1) is 0 Å². The van der Waals surface area contributed by atoms with Crippen LogP contribution in [0.15, 0.2) is 12.2 Å². The predicted octanol–water partition coefficient (Wildman–Crippen LogP) is 1.15. The summed E-state index contributed by atoms with van der Waals surface area (Å²) in [5.74, 6) is -1.34. The van der Waals surface area contributed by atoms with Gasteiger partial charge in [-0.1, -0.05) is 45.1 Å². The number of hydrogen-bond acceptors (Lipinski definition) is 5. The molecule has 5 N–H and O–H groups in total. The molecule has 24 heavy (non-hydrogen) atoms. The van der Waals surface area contributed by atoms with Crippen LogP contribution >= 0.6 is 0 Å². The highest BCUT2D eigenvalue weighted by molar-refractivity contribution is 5.87. The smallest absolute Gasteiger partial charge is 0.320 e. The van der Waals surface area contributed by atoms with Gasteiger partial charge >= 0.3 is 5.97 Å². The Kier molecular flexibility index (Phi) is 14.2. The van der Waals surface area contributed by atoms with Crippen molar-refractivity contribution in [3.63, 3.8) is 0 Å². The average Bonchev–Trinajstić information content (AvgIpc) is 2.52. The van der Waals surface area contributed by atoms with Gasteiger partial charge in [0.15, 0.2) is 6.29 Å². The first-order valence-corrected chi connectivity index (χ1v) is 8.74. The number of unbranched alkanes of at least 4 members (excludes halogenated alkanes) is 6. The second kappa shape index (κ2) is 15.1. The van der Waals surface area contributed by atoms with Crippen LogP contribution in [0.3, 0.4) is 0 Å². The van der Waals surface area contributed by atoms with Crippen LogP contribution in [-0.2, 0) is 9.59 Å². The van der Waals surface area contributed by atoms with Crippen LogP contribution in [0.5, 0.6) is 0 Å². The largest absolute Gasteiger partial charge is 0.480 e. The van der Waals surface area contributed by atoms with E-state index in [-0.39, 0.29) is 25.4 Å². The molecule has 0 aromatic heterocycles. The zero-order valence-corrected chi connectivity index (χ0v) is 14.5. The molecule has 0 radical (unpaired) electrons. The number of allylic oxidation sites excluding steroid dienone is 1. The molecule has 0 saturated heterocycles. The van der Waals surface area contributed by atoms with E-state index in [1.165, 1.54) is 38.2 Å². The van der Waals surface area contributed by atoms with Crippen molar-refractivity contribution in [1.82, 2.24) is 10.6 Å². The third kappa shape index (κ3) is 14.2. The topological polar surface area (TPSA) is 119 Å². The van der Waals surface area contributed by atoms with Gasteiger partial charge in [-0.2, -0.15) is 0 Å². The van der Waals surface area contributed by atoms with Gasteiger partial charge < -0.3 is 20.6 Å². The molecule has 140 valence electrons. The number of carbonyl (C=O) groups is 2. The normalized spacial score (nSPS) is 12.7. The number of amides is 1. The molecular weight excluding hydrogens is 312 g/mol. The summed E-state index contributed by atoms with van der Waals surface area (Å²) in [6, 6.07) is -0.931. The van der Waals surface area contributed by atoms with Crippen LogP contribution in [0.2, 0.25) is 0 Å². The summed E-state index contributed by atoms with van der Waals surface area (Å²) in [5.41, 5.74) is 0. The number of carboxylic acids is 1. The van der Waals surface area contributed by atoms with Crippen LogP contribution in [-0.4, -0.2) is 52.6 Å². The van der Waals surface area contributed by atoms with E-state index in [1.54, 1.807) is 0 Å². The number of carbonyl (C=O) groups excluding carboxylic acids is 1. The van der Waals surface area contributed by atoms with Crippen molar-refractivity contribution in [2.45, 2.75) is 70.6 Å². The first-order chi connectivity index (χ1) is 11.5. The Labute approximate surface area is 144 Å². The number of aliphatic hydroxyl groups excluding tert-OH is 1. The molecule has 0 spiro atoms. The zero-order chi connectivity index (χ0) is 18.2. The van der Waals surface area contributed by atoms with Gasteiger partial charge in [0.2, 0.25) is 5.91 Å². The van der Waals surface area contributed by atoms with Crippen molar-refractivity contribution in [1.29, 1.82) is 0 Å². The molecule has 7 nitrogen and oxygen atoms in total. The fourth-order valence-corrected chi connectivity index (χ4v) is 2.19. The van der Waals surface area contributed by atoms with E-state index in [1.807, 2.05) is 6.08 Å². The fourth-order valence-electron chi connectivity index (χ4n) is 2.19. The van der Waals surface area contributed by atoms with Gasteiger partial charge in [-0.05, 0) is 25.3 Å². The highest BCUT2D eigenvalue weighted by Gasteiger charge is 2.17. The Morgan fingerprint density at radius 2 is 1.75 bits per heavy atom. The van der Waals surface area contributed by atoms with Crippen molar-refractivity contribution in [2.24, 2.45) is 0 Å². The summed E-state index contributed by atoms with van der Waals surface area (Å²) in [4.78, 5) is 22.6. The zero-order valence-electron chi connectivity index (χ0n) is 14.5. The predicted molar refractivity (Wildman–Crippen MR) is 92.4 cm³/mol. The Hall–Kier alpha value is -1.44. The lowest BCUT2D eigenvalue weighted by molar-refractivity contribution is -0.140. The molecule has 0 aromatic rings. The molecule has 7 heteroatoms. The minimum atomic E-state index is -1.61. The molecule has 1 unspecified atom stereocenters. The molecule has 0 heterocycles. The fraction of sp³-hybridized carbons (Fsp3) is 0.765. The maximum absolute atomic E-state index is 11.6. The second-order valence-electron chi connectivity index (χ2n) is 5.82. The third-order valence-corrected chi connectivity index (χ3v) is 3.57. The molecule has 0 saturated carbocycles. The summed E-state index contributed by atoms with van der Waals surface area (Å²) in [6.07, 6.45) is 10.0. The van der Waals surface area contributed by atoms with E-state index in [2.05, 4.69) is 17.6 Å². The van der Waals surface area contributed by atoms with E-state index in [0.717, 1.165) is 12.8 Å². The Balaban J connectivity index is 3.75. The maximum atomic E-state index is 11.6. The lowest BCUT2D eigenvalue weighted by Crippen LogP contribution is -2.43. The quantitative estimate of drug-likeness (QED) is 0.173. The molecular formula is C17H32N2O5. The summed E-state index contributed by atoms with van der Waals surface area (Å²) < 4.78 is 0. The molecule has 1 atom stereocenters. The second-order valence-corrected chi connectivity index (χ2v) is 5.82. The molecule has 0 aliphatic heterocycles. The molecule has 0 aliphatic rings. The highest BCUT2D eigenvalue weighted by Crippen LogP contribution is 2.07. The van der Waals surface area contributed by atoms with Crippen LogP contribution in [0, 0.1) is 0 Å². The molecule has 0 fully saturated rings. The first-order valence-electron chi connectivity index (χ1n) is 8.74. The van der Waals surface area contributed by atoms with E-state index in [9.17, 15) is 9.59 Å². The molecule has 0 aromatic carbocycles. The lowest BCUT2D eigenvalue weighted by atomic mass is 10.1. The Morgan fingerprint density at radius 1 is 1.08 bits per heavy atom. The Bertz CT molecular complexity index is 372. The van der Waals surface area contributed by atoms with E-state index < -0.39 is 18.3 Å². The lowest BCUT2D eigenvalue weighted by Gasteiger charge is -2.15. The number of rotatable bonds is 15. The molecule has 0 bridgehead atoms. The number of nitrogens with one attached hydrogen (secondary N) is 2. The molecule has 0 aliphatic carbocycles. The van der Waals surface area contributed by atoms with Gasteiger partial charge in [-0.3, -0.25) is 14.9 Å². The van der Waals surface area contributed by atoms with Gasteiger partial charge in [-0.15, -0.1) is 0 Å². The minimum absolute atomic E-state index is 0.166. The van der Waals surface area contributed by atoms with Crippen molar-refractivity contribution in [3.05, 3.63) is 12.2 Å². The van der Waals surface area contributed by atoms with Crippen LogP contribution in [0.1, 0.15) is 58.3 Å². The third-order valence-electron chi connectivity index (χ3n) is 3.57. The maximum Gasteiger partial charge on any atom is 0.320 e. The first kappa shape index (κ1) is 22.6.